The monoisotopic (exact) mass is 455 g/mol. The lowest BCUT2D eigenvalue weighted by Gasteiger charge is -2.20. The topological polar surface area (TPSA) is 59.3 Å². The molecule has 0 aliphatic heterocycles. The number of carboxylic acid groups (broad SMARTS) is 1. The van der Waals surface area contributed by atoms with Gasteiger partial charge in [-0.3, -0.25) is 4.79 Å². The summed E-state index contributed by atoms with van der Waals surface area (Å²) in [7, 11) is 0. The van der Waals surface area contributed by atoms with Gasteiger partial charge in [-0.05, 0) is 36.8 Å². The highest BCUT2D eigenvalue weighted by molar-refractivity contribution is 6.42. The van der Waals surface area contributed by atoms with Gasteiger partial charge in [0.1, 0.15) is 5.56 Å². The fourth-order valence-corrected chi connectivity index (χ4v) is 3.62. The number of aromatic carboxylic acids is 1. The summed E-state index contributed by atoms with van der Waals surface area (Å²) in [5, 5.41) is 11.0. The largest absolute Gasteiger partial charge is 0.477 e. The van der Waals surface area contributed by atoms with E-state index in [1.807, 2.05) is 6.92 Å². The van der Waals surface area contributed by atoms with Crippen molar-refractivity contribution < 1.29 is 9.90 Å². The number of halogens is 4. The van der Waals surface area contributed by atoms with Crippen LogP contribution in [0.15, 0.2) is 47.3 Å². The second-order valence-corrected chi connectivity index (χ2v) is 7.55. The molecule has 0 aliphatic carbocycles. The standard InChI is InChI=1S/C20H13Cl4NO3/c1-2-25-16(10-3-5-12(21)14(23)7-10)9-17(26)18(20(27)28)19(25)11-4-6-13(22)15(24)8-11/h3-9H,2H2,1H3,(H,27,28). The first-order chi connectivity index (χ1) is 13.2. The molecule has 0 fully saturated rings. The molecule has 0 atom stereocenters. The van der Waals surface area contributed by atoms with Gasteiger partial charge in [0.2, 0.25) is 0 Å². The number of hydrogen-bond donors (Lipinski definition) is 1. The van der Waals surface area contributed by atoms with E-state index in [1.165, 1.54) is 12.1 Å². The summed E-state index contributed by atoms with van der Waals surface area (Å²) in [5.41, 5.74) is 0.877. The second kappa shape index (κ2) is 8.18. The molecule has 144 valence electrons. The van der Waals surface area contributed by atoms with Crippen molar-refractivity contribution in [2.45, 2.75) is 13.5 Å². The van der Waals surface area contributed by atoms with Crippen LogP contribution in [0, 0.1) is 0 Å². The molecule has 0 bridgehead atoms. The third-order valence-corrected chi connectivity index (χ3v) is 5.73. The Morgan fingerprint density at radius 2 is 1.43 bits per heavy atom. The van der Waals surface area contributed by atoms with Gasteiger partial charge in [0.05, 0.1) is 31.5 Å². The van der Waals surface area contributed by atoms with Gasteiger partial charge in [-0.15, -0.1) is 0 Å². The van der Waals surface area contributed by atoms with Crippen LogP contribution in [0.2, 0.25) is 20.1 Å². The molecule has 0 aliphatic rings. The molecule has 0 spiro atoms. The Labute approximate surface area is 180 Å². The second-order valence-electron chi connectivity index (χ2n) is 5.92. The minimum atomic E-state index is -1.33. The molecule has 2 aromatic carbocycles. The number of benzene rings is 2. The van der Waals surface area contributed by atoms with Crippen LogP contribution in [0.3, 0.4) is 0 Å². The number of pyridine rings is 1. The fraction of sp³-hybridized carbons (Fsp3) is 0.100. The molecule has 3 rings (SSSR count). The Morgan fingerprint density at radius 1 is 0.893 bits per heavy atom. The molecule has 3 aromatic rings. The number of carboxylic acids is 1. The van der Waals surface area contributed by atoms with Crippen molar-refractivity contribution in [3.63, 3.8) is 0 Å². The molecule has 0 saturated heterocycles. The van der Waals surface area contributed by atoms with Gasteiger partial charge in [-0.2, -0.15) is 0 Å². The number of aromatic nitrogens is 1. The molecule has 1 N–H and O–H groups in total. The van der Waals surface area contributed by atoms with Gasteiger partial charge < -0.3 is 9.67 Å². The highest BCUT2D eigenvalue weighted by atomic mass is 35.5. The van der Waals surface area contributed by atoms with E-state index in [0.717, 1.165) is 0 Å². The lowest BCUT2D eigenvalue weighted by atomic mass is 10.0. The van der Waals surface area contributed by atoms with E-state index >= 15 is 0 Å². The fourth-order valence-electron chi connectivity index (χ4n) is 3.02. The average Bonchev–Trinajstić information content (AvgIpc) is 2.65. The van der Waals surface area contributed by atoms with E-state index in [-0.39, 0.29) is 16.3 Å². The number of carbonyl (C=O) groups is 1. The Morgan fingerprint density at radius 3 is 1.93 bits per heavy atom. The normalized spacial score (nSPS) is 10.9. The van der Waals surface area contributed by atoms with Crippen molar-refractivity contribution >= 4 is 52.4 Å². The van der Waals surface area contributed by atoms with Crippen molar-refractivity contribution in [3.05, 3.63) is 78.3 Å². The van der Waals surface area contributed by atoms with Gasteiger partial charge in [0.15, 0.2) is 5.43 Å². The first-order valence-corrected chi connectivity index (χ1v) is 9.67. The first kappa shape index (κ1) is 20.7. The van der Waals surface area contributed by atoms with Crippen molar-refractivity contribution in [1.29, 1.82) is 0 Å². The minimum Gasteiger partial charge on any atom is -0.477 e. The van der Waals surface area contributed by atoms with Crippen LogP contribution < -0.4 is 5.43 Å². The van der Waals surface area contributed by atoms with Gasteiger partial charge in [-0.25, -0.2) is 4.79 Å². The molecule has 4 nitrogen and oxygen atoms in total. The predicted molar refractivity (Wildman–Crippen MR) is 114 cm³/mol. The van der Waals surface area contributed by atoms with Crippen molar-refractivity contribution in [2.75, 3.05) is 0 Å². The minimum absolute atomic E-state index is 0.238. The number of nitrogens with zero attached hydrogens (tertiary/aromatic N) is 1. The van der Waals surface area contributed by atoms with Crippen LogP contribution in [0.5, 0.6) is 0 Å². The quantitative estimate of drug-likeness (QED) is 0.486. The van der Waals surface area contributed by atoms with Gasteiger partial charge >= 0.3 is 5.97 Å². The maximum Gasteiger partial charge on any atom is 0.341 e. The van der Waals surface area contributed by atoms with E-state index < -0.39 is 11.4 Å². The van der Waals surface area contributed by atoms with Crippen molar-refractivity contribution in [2.24, 2.45) is 0 Å². The number of rotatable bonds is 4. The molecular formula is C20H13Cl4NO3. The van der Waals surface area contributed by atoms with Crippen LogP contribution in [-0.4, -0.2) is 15.6 Å². The molecule has 0 radical (unpaired) electrons. The summed E-state index contributed by atoms with van der Waals surface area (Å²) in [6.07, 6.45) is 0. The summed E-state index contributed by atoms with van der Waals surface area (Å²) in [6, 6.07) is 11.0. The van der Waals surface area contributed by atoms with Gasteiger partial charge in [0, 0.05) is 18.2 Å². The number of hydrogen-bond acceptors (Lipinski definition) is 2. The van der Waals surface area contributed by atoms with E-state index in [9.17, 15) is 14.7 Å². The zero-order chi connectivity index (χ0) is 20.6. The Bertz CT molecular complexity index is 1150. The van der Waals surface area contributed by atoms with E-state index in [4.69, 9.17) is 46.4 Å². The van der Waals surface area contributed by atoms with Crippen LogP contribution in [-0.2, 0) is 6.54 Å². The predicted octanol–water partition coefficient (Wildman–Crippen LogP) is 6.51. The highest BCUT2D eigenvalue weighted by Gasteiger charge is 2.23. The SMILES string of the molecule is CCn1c(-c2ccc(Cl)c(Cl)c2)cc(=O)c(C(=O)O)c1-c1ccc(Cl)c(Cl)c1. The summed E-state index contributed by atoms with van der Waals surface area (Å²) < 4.78 is 1.73. The Kier molecular flexibility index (Phi) is 6.06. The van der Waals surface area contributed by atoms with E-state index in [2.05, 4.69) is 0 Å². The van der Waals surface area contributed by atoms with Crippen LogP contribution in [0.1, 0.15) is 17.3 Å². The third-order valence-electron chi connectivity index (χ3n) is 4.25. The molecule has 0 unspecified atom stereocenters. The van der Waals surface area contributed by atoms with E-state index in [1.54, 1.807) is 34.9 Å². The Hall–Kier alpha value is -1.98. The molecule has 1 aromatic heterocycles. The summed E-state index contributed by atoms with van der Waals surface area (Å²) in [6.45, 7) is 2.24. The molecule has 28 heavy (non-hydrogen) atoms. The molecular weight excluding hydrogens is 444 g/mol. The lowest BCUT2D eigenvalue weighted by molar-refractivity contribution is 0.0695. The zero-order valence-corrected chi connectivity index (χ0v) is 17.5. The molecule has 8 heteroatoms. The summed E-state index contributed by atoms with van der Waals surface area (Å²) in [4.78, 5) is 24.6. The maximum absolute atomic E-state index is 12.7. The lowest BCUT2D eigenvalue weighted by Crippen LogP contribution is -2.22. The summed E-state index contributed by atoms with van der Waals surface area (Å²) >= 11 is 24.2. The van der Waals surface area contributed by atoms with E-state index in [0.29, 0.717) is 38.4 Å². The summed E-state index contributed by atoms with van der Waals surface area (Å²) in [5.74, 6) is -1.33. The third kappa shape index (κ3) is 3.78. The van der Waals surface area contributed by atoms with Crippen molar-refractivity contribution in [3.8, 4) is 22.5 Å². The maximum atomic E-state index is 12.7. The zero-order valence-electron chi connectivity index (χ0n) is 14.5. The smallest absolute Gasteiger partial charge is 0.341 e. The van der Waals surface area contributed by atoms with Crippen LogP contribution in [0.4, 0.5) is 0 Å². The first-order valence-electron chi connectivity index (χ1n) is 8.16. The van der Waals surface area contributed by atoms with Crippen LogP contribution >= 0.6 is 46.4 Å². The van der Waals surface area contributed by atoms with Gasteiger partial charge in [0.25, 0.3) is 0 Å². The molecule has 0 saturated carbocycles. The highest BCUT2D eigenvalue weighted by Crippen LogP contribution is 2.34. The molecule has 1 heterocycles. The molecule has 0 amide bonds. The van der Waals surface area contributed by atoms with Crippen LogP contribution in [0.25, 0.3) is 22.5 Å². The Balaban J connectivity index is 2.42. The van der Waals surface area contributed by atoms with Crippen molar-refractivity contribution in [1.82, 2.24) is 4.57 Å². The van der Waals surface area contributed by atoms with Gasteiger partial charge in [-0.1, -0.05) is 58.5 Å². The average molecular weight is 457 g/mol.